The number of hydrogen-bond donors (Lipinski definition) is 2. The Labute approximate surface area is 158 Å². The lowest BCUT2D eigenvalue weighted by atomic mass is 10.1. The molecule has 1 aliphatic heterocycles. The van der Waals surface area contributed by atoms with Gasteiger partial charge in [0.15, 0.2) is 11.5 Å². The second-order valence-corrected chi connectivity index (χ2v) is 6.42. The van der Waals surface area contributed by atoms with Crippen LogP contribution in [0, 0.1) is 11.3 Å². The molecule has 2 heterocycles. The van der Waals surface area contributed by atoms with E-state index < -0.39 is 0 Å². The van der Waals surface area contributed by atoms with Crippen LogP contribution >= 0.6 is 0 Å². The molecule has 27 heavy (non-hydrogen) atoms. The molecule has 1 aliphatic rings. The van der Waals surface area contributed by atoms with Crippen LogP contribution in [0.15, 0.2) is 18.2 Å². The Bertz CT molecular complexity index is 843. The summed E-state index contributed by atoms with van der Waals surface area (Å²) < 4.78 is 11.4. The molecule has 0 bridgehead atoms. The highest BCUT2D eigenvalue weighted by Crippen LogP contribution is 2.34. The Morgan fingerprint density at radius 2 is 1.93 bits per heavy atom. The third-order valence-electron chi connectivity index (χ3n) is 4.62. The van der Waals surface area contributed by atoms with Gasteiger partial charge >= 0.3 is 0 Å². The molecule has 2 aromatic rings. The lowest BCUT2D eigenvalue weighted by molar-refractivity contribution is 0.180. The molecule has 0 spiro atoms. The molecule has 1 aromatic heterocycles. The molecule has 1 fully saturated rings. The second-order valence-electron chi connectivity index (χ2n) is 6.42. The van der Waals surface area contributed by atoms with Gasteiger partial charge in [-0.15, -0.1) is 0 Å². The molecule has 1 aromatic carbocycles. The smallest absolute Gasteiger partial charge is 0.222 e. The fourth-order valence-corrected chi connectivity index (χ4v) is 3.22. The van der Waals surface area contributed by atoms with Crippen molar-refractivity contribution in [2.24, 2.45) is 0 Å². The van der Waals surface area contributed by atoms with Crippen molar-refractivity contribution in [3.05, 3.63) is 23.8 Å². The molecule has 1 saturated heterocycles. The van der Waals surface area contributed by atoms with Crippen LogP contribution in [-0.2, 0) is 0 Å². The van der Waals surface area contributed by atoms with Gasteiger partial charge in [0.25, 0.3) is 0 Å². The number of nitrogens with zero attached hydrogens (tertiary/aromatic N) is 4. The average Bonchev–Trinajstić information content (AvgIpc) is 2.68. The molecule has 8 nitrogen and oxygen atoms in total. The predicted molar refractivity (Wildman–Crippen MR) is 103 cm³/mol. The number of aromatic nitrogens is 2. The van der Waals surface area contributed by atoms with E-state index in [4.69, 9.17) is 20.9 Å². The van der Waals surface area contributed by atoms with Crippen molar-refractivity contribution in [1.29, 1.82) is 5.26 Å². The maximum absolute atomic E-state index is 9.36. The highest BCUT2D eigenvalue weighted by atomic mass is 16.5. The van der Waals surface area contributed by atoms with Crippen molar-refractivity contribution in [3.8, 4) is 28.8 Å². The minimum absolute atomic E-state index is 0.0160. The monoisotopic (exact) mass is 368 g/mol. The minimum Gasteiger partial charge on any atom is -0.493 e. The van der Waals surface area contributed by atoms with Crippen LogP contribution in [0.4, 0.5) is 11.8 Å². The Kier molecular flexibility index (Phi) is 5.94. The highest BCUT2D eigenvalue weighted by Gasteiger charge is 2.16. The van der Waals surface area contributed by atoms with E-state index in [1.165, 1.54) is 19.3 Å². The highest BCUT2D eigenvalue weighted by molar-refractivity contribution is 5.74. The standard InChI is InChI=1S/C19H24N6O2/c1-26-16-11-13(17-14(12-20)18(21)24-19(22)23-17)5-6-15(16)27-10-9-25-7-3-2-4-8-25/h5-6,11H,2-4,7-10H2,1H3,(H4,21,22,23,24). The third kappa shape index (κ3) is 4.38. The third-order valence-corrected chi connectivity index (χ3v) is 4.62. The van der Waals surface area contributed by atoms with Crippen LogP contribution in [0.2, 0.25) is 0 Å². The largest absolute Gasteiger partial charge is 0.493 e. The van der Waals surface area contributed by atoms with Gasteiger partial charge in [0, 0.05) is 12.1 Å². The number of piperidine rings is 1. The predicted octanol–water partition coefficient (Wildman–Crippen LogP) is 2.05. The lowest BCUT2D eigenvalue weighted by Gasteiger charge is -2.26. The van der Waals surface area contributed by atoms with Gasteiger partial charge in [-0.1, -0.05) is 6.42 Å². The van der Waals surface area contributed by atoms with Crippen LogP contribution in [0.25, 0.3) is 11.3 Å². The number of nitriles is 1. The summed E-state index contributed by atoms with van der Waals surface area (Å²) in [6.07, 6.45) is 3.82. The van der Waals surface area contributed by atoms with Gasteiger partial charge in [0.05, 0.1) is 12.8 Å². The van der Waals surface area contributed by atoms with E-state index in [2.05, 4.69) is 14.9 Å². The number of nitrogens with two attached hydrogens (primary N) is 2. The van der Waals surface area contributed by atoms with E-state index in [1.54, 1.807) is 25.3 Å². The molecule has 4 N–H and O–H groups in total. The normalized spacial score (nSPS) is 14.5. The molecular weight excluding hydrogens is 344 g/mol. The molecule has 0 amide bonds. The van der Waals surface area contributed by atoms with E-state index >= 15 is 0 Å². The van der Waals surface area contributed by atoms with E-state index in [0.717, 1.165) is 19.6 Å². The zero-order chi connectivity index (χ0) is 19.2. The Morgan fingerprint density at radius 3 is 2.63 bits per heavy atom. The minimum atomic E-state index is 0.0160. The topological polar surface area (TPSA) is 123 Å². The second kappa shape index (κ2) is 8.56. The molecule has 8 heteroatoms. The van der Waals surface area contributed by atoms with Crippen LogP contribution < -0.4 is 20.9 Å². The van der Waals surface area contributed by atoms with Crippen molar-refractivity contribution in [3.63, 3.8) is 0 Å². The van der Waals surface area contributed by atoms with Gasteiger partial charge in [0.2, 0.25) is 5.95 Å². The summed E-state index contributed by atoms with van der Waals surface area (Å²) in [5.74, 6) is 1.28. The summed E-state index contributed by atoms with van der Waals surface area (Å²) >= 11 is 0. The molecule has 0 saturated carbocycles. The maximum Gasteiger partial charge on any atom is 0.222 e. The molecule has 0 radical (unpaired) electrons. The van der Waals surface area contributed by atoms with Crippen molar-refractivity contribution in [1.82, 2.24) is 14.9 Å². The number of benzene rings is 1. The summed E-state index contributed by atoms with van der Waals surface area (Å²) in [5.41, 5.74) is 12.7. The molecule has 0 unspecified atom stereocenters. The Morgan fingerprint density at radius 1 is 1.15 bits per heavy atom. The zero-order valence-corrected chi connectivity index (χ0v) is 15.4. The van der Waals surface area contributed by atoms with Gasteiger partial charge in [-0.3, -0.25) is 4.90 Å². The fraction of sp³-hybridized carbons (Fsp3) is 0.421. The summed E-state index contributed by atoms with van der Waals surface area (Å²) in [5, 5.41) is 9.36. The molecule has 0 aliphatic carbocycles. The number of anilines is 2. The van der Waals surface area contributed by atoms with E-state index in [-0.39, 0.29) is 17.3 Å². The number of rotatable bonds is 6. The number of methoxy groups -OCH3 is 1. The number of hydrogen-bond acceptors (Lipinski definition) is 8. The van der Waals surface area contributed by atoms with E-state index in [1.807, 2.05) is 6.07 Å². The first-order chi connectivity index (χ1) is 13.1. The molecule has 3 rings (SSSR count). The first kappa shape index (κ1) is 18.7. The average molecular weight is 368 g/mol. The van der Waals surface area contributed by atoms with Gasteiger partial charge in [-0.2, -0.15) is 10.2 Å². The van der Waals surface area contributed by atoms with Crippen molar-refractivity contribution < 1.29 is 9.47 Å². The van der Waals surface area contributed by atoms with Crippen LogP contribution in [0.1, 0.15) is 24.8 Å². The SMILES string of the molecule is COc1cc(-c2nc(N)nc(N)c2C#N)ccc1OCCN1CCCCC1. The summed E-state index contributed by atoms with van der Waals surface area (Å²) in [7, 11) is 1.57. The van der Waals surface area contributed by atoms with Crippen molar-refractivity contribution in [2.75, 3.05) is 44.8 Å². The summed E-state index contributed by atoms with van der Waals surface area (Å²) in [6, 6.07) is 7.40. The number of likely N-dealkylation sites (tertiary alicyclic amines) is 1. The molecular formula is C19H24N6O2. The van der Waals surface area contributed by atoms with Crippen LogP contribution in [-0.4, -0.2) is 48.2 Å². The number of nitrogen functional groups attached to an aromatic ring is 2. The summed E-state index contributed by atoms with van der Waals surface area (Å²) in [6.45, 7) is 3.74. The quantitative estimate of drug-likeness (QED) is 0.794. The van der Waals surface area contributed by atoms with Crippen molar-refractivity contribution in [2.45, 2.75) is 19.3 Å². The Hall–Kier alpha value is -3.05. The van der Waals surface area contributed by atoms with E-state index in [9.17, 15) is 5.26 Å². The number of ether oxygens (including phenoxy) is 2. The van der Waals surface area contributed by atoms with Gasteiger partial charge < -0.3 is 20.9 Å². The fourth-order valence-electron chi connectivity index (χ4n) is 3.22. The first-order valence-electron chi connectivity index (χ1n) is 8.99. The van der Waals surface area contributed by atoms with Gasteiger partial charge in [-0.05, 0) is 44.1 Å². The zero-order valence-electron chi connectivity index (χ0n) is 15.4. The van der Waals surface area contributed by atoms with Crippen molar-refractivity contribution >= 4 is 11.8 Å². The van der Waals surface area contributed by atoms with Gasteiger partial charge in [0.1, 0.15) is 24.1 Å². The maximum atomic E-state index is 9.36. The lowest BCUT2D eigenvalue weighted by Crippen LogP contribution is -2.33. The van der Waals surface area contributed by atoms with Crippen LogP contribution in [0.5, 0.6) is 11.5 Å². The first-order valence-corrected chi connectivity index (χ1v) is 8.99. The molecule has 142 valence electrons. The molecule has 0 atom stereocenters. The van der Waals surface area contributed by atoms with E-state index in [0.29, 0.717) is 29.4 Å². The summed E-state index contributed by atoms with van der Waals surface area (Å²) in [4.78, 5) is 10.4. The van der Waals surface area contributed by atoms with Gasteiger partial charge in [-0.25, -0.2) is 4.98 Å². The Balaban J connectivity index is 1.77. The van der Waals surface area contributed by atoms with Crippen LogP contribution in [0.3, 0.4) is 0 Å².